The third kappa shape index (κ3) is 3.89. The molecule has 112 valence electrons. The van der Waals surface area contributed by atoms with Crippen LogP contribution in [0.4, 0.5) is 5.69 Å². The molecule has 2 rings (SSSR count). The fraction of sp³-hybridized carbons (Fsp3) is 0.647. The minimum Gasteiger partial charge on any atom is -0.497 e. The molecule has 0 radical (unpaired) electrons. The first-order valence-corrected chi connectivity index (χ1v) is 7.53. The zero-order valence-electron chi connectivity index (χ0n) is 13.3. The van der Waals surface area contributed by atoms with Gasteiger partial charge in [0.2, 0.25) is 0 Å². The van der Waals surface area contributed by atoms with Crippen molar-refractivity contribution in [2.24, 2.45) is 5.41 Å². The van der Waals surface area contributed by atoms with Gasteiger partial charge in [0.1, 0.15) is 5.75 Å². The second-order valence-electron chi connectivity index (χ2n) is 6.92. The predicted octanol–water partition coefficient (Wildman–Crippen LogP) is 3.68. The molecular formula is C17H28N2O. The molecule has 20 heavy (non-hydrogen) atoms. The largest absolute Gasteiger partial charge is 0.497 e. The minimum absolute atomic E-state index is 0.526. The lowest BCUT2D eigenvalue weighted by molar-refractivity contribution is 0.123. The molecule has 3 heteroatoms. The fourth-order valence-corrected chi connectivity index (χ4v) is 3.14. The Kier molecular flexibility index (Phi) is 4.59. The zero-order chi connectivity index (χ0) is 14.8. The van der Waals surface area contributed by atoms with Gasteiger partial charge in [0, 0.05) is 24.3 Å². The summed E-state index contributed by atoms with van der Waals surface area (Å²) in [6.07, 6.45) is 5.23. The van der Waals surface area contributed by atoms with Crippen LogP contribution in [0.15, 0.2) is 18.2 Å². The number of nitrogens with two attached hydrogens (primary N) is 1. The maximum absolute atomic E-state index is 5.93. The highest BCUT2D eigenvalue weighted by molar-refractivity contribution is 5.47. The molecule has 1 saturated carbocycles. The SMILES string of the molecule is COc1cc(N)cc(CN(C)C2CCC(C)(C)CC2)c1. The van der Waals surface area contributed by atoms with E-state index in [0.717, 1.165) is 18.0 Å². The topological polar surface area (TPSA) is 38.5 Å². The molecule has 0 saturated heterocycles. The van der Waals surface area contributed by atoms with E-state index < -0.39 is 0 Å². The molecule has 0 bridgehead atoms. The van der Waals surface area contributed by atoms with Crippen LogP contribution in [-0.4, -0.2) is 25.1 Å². The molecule has 0 aromatic heterocycles. The fourth-order valence-electron chi connectivity index (χ4n) is 3.14. The third-order valence-corrected chi connectivity index (χ3v) is 4.59. The molecule has 0 atom stereocenters. The second-order valence-corrected chi connectivity index (χ2v) is 6.92. The molecule has 0 heterocycles. The van der Waals surface area contributed by atoms with Crippen LogP contribution in [0.5, 0.6) is 5.75 Å². The molecule has 2 N–H and O–H groups in total. The van der Waals surface area contributed by atoms with E-state index in [-0.39, 0.29) is 0 Å². The number of hydrogen-bond donors (Lipinski definition) is 1. The van der Waals surface area contributed by atoms with Crippen molar-refractivity contribution in [2.45, 2.75) is 52.1 Å². The Labute approximate surface area is 123 Å². The van der Waals surface area contributed by atoms with Gasteiger partial charge in [-0.3, -0.25) is 4.90 Å². The van der Waals surface area contributed by atoms with Gasteiger partial charge in [0.15, 0.2) is 0 Å². The van der Waals surface area contributed by atoms with E-state index in [1.54, 1.807) is 7.11 Å². The first-order valence-electron chi connectivity index (χ1n) is 7.53. The van der Waals surface area contributed by atoms with Crippen LogP contribution in [0, 0.1) is 5.41 Å². The van der Waals surface area contributed by atoms with Crippen LogP contribution in [-0.2, 0) is 6.54 Å². The van der Waals surface area contributed by atoms with Crippen LogP contribution < -0.4 is 10.5 Å². The Morgan fingerprint density at radius 2 is 1.90 bits per heavy atom. The molecule has 1 fully saturated rings. The Morgan fingerprint density at radius 1 is 1.25 bits per heavy atom. The average molecular weight is 276 g/mol. The van der Waals surface area contributed by atoms with Crippen molar-refractivity contribution in [1.82, 2.24) is 4.90 Å². The van der Waals surface area contributed by atoms with E-state index in [1.165, 1.54) is 31.2 Å². The summed E-state index contributed by atoms with van der Waals surface area (Å²) in [5, 5.41) is 0. The summed E-state index contributed by atoms with van der Waals surface area (Å²) >= 11 is 0. The van der Waals surface area contributed by atoms with Crippen molar-refractivity contribution < 1.29 is 4.74 Å². The number of nitrogens with zero attached hydrogens (tertiary/aromatic N) is 1. The quantitative estimate of drug-likeness (QED) is 0.853. The summed E-state index contributed by atoms with van der Waals surface area (Å²) < 4.78 is 5.29. The first kappa shape index (κ1) is 15.2. The van der Waals surface area contributed by atoms with E-state index in [0.29, 0.717) is 11.5 Å². The van der Waals surface area contributed by atoms with Crippen molar-refractivity contribution >= 4 is 5.69 Å². The molecule has 1 aliphatic carbocycles. The van der Waals surface area contributed by atoms with Crippen molar-refractivity contribution in [3.63, 3.8) is 0 Å². The van der Waals surface area contributed by atoms with E-state index in [2.05, 4.69) is 31.9 Å². The van der Waals surface area contributed by atoms with Gasteiger partial charge in [-0.1, -0.05) is 13.8 Å². The van der Waals surface area contributed by atoms with Crippen molar-refractivity contribution in [1.29, 1.82) is 0 Å². The Morgan fingerprint density at radius 3 is 2.50 bits per heavy atom. The van der Waals surface area contributed by atoms with Crippen molar-refractivity contribution in [3.05, 3.63) is 23.8 Å². The number of rotatable bonds is 4. The highest BCUT2D eigenvalue weighted by atomic mass is 16.5. The molecule has 1 aromatic rings. The number of nitrogen functional groups attached to an aromatic ring is 1. The van der Waals surface area contributed by atoms with E-state index in [9.17, 15) is 0 Å². The summed E-state index contributed by atoms with van der Waals surface area (Å²) in [6, 6.07) is 6.69. The number of hydrogen-bond acceptors (Lipinski definition) is 3. The highest BCUT2D eigenvalue weighted by Crippen LogP contribution is 2.37. The van der Waals surface area contributed by atoms with Gasteiger partial charge in [-0.15, -0.1) is 0 Å². The van der Waals surface area contributed by atoms with Gasteiger partial charge >= 0.3 is 0 Å². The van der Waals surface area contributed by atoms with Gasteiger partial charge in [-0.2, -0.15) is 0 Å². The molecule has 0 aliphatic heterocycles. The maximum Gasteiger partial charge on any atom is 0.121 e. The van der Waals surface area contributed by atoms with Crippen LogP contribution >= 0.6 is 0 Å². The summed E-state index contributed by atoms with van der Waals surface area (Å²) in [6.45, 7) is 5.70. The zero-order valence-corrected chi connectivity index (χ0v) is 13.3. The number of anilines is 1. The van der Waals surface area contributed by atoms with Crippen LogP contribution in [0.2, 0.25) is 0 Å². The van der Waals surface area contributed by atoms with Crippen LogP contribution in [0.3, 0.4) is 0 Å². The minimum atomic E-state index is 0.526. The summed E-state index contributed by atoms with van der Waals surface area (Å²) in [4.78, 5) is 2.46. The standard InChI is InChI=1S/C17H28N2O/c1-17(2)7-5-15(6-8-17)19(3)12-13-9-14(18)11-16(10-13)20-4/h9-11,15H,5-8,12,18H2,1-4H3. The second kappa shape index (κ2) is 6.04. The molecule has 3 nitrogen and oxygen atoms in total. The molecule has 0 amide bonds. The highest BCUT2D eigenvalue weighted by Gasteiger charge is 2.28. The summed E-state index contributed by atoms with van der Waals surface area (Å²) in [5.74, 6) is 0.846. The Hall–Kier alpha value is -1.22. The molecule has 0 unspecified atom stereocenters. The van der Waals surface area contributed by atoms with Crippen molar-refractivity contribution in [3.8, 4) is 5.75 Å². The molecule has 1 aromatic carbocycles. The van der Waals surface area contributed by atoms with Gasteiger partial charge in [0.05, 0.1) is 7.11 Å². The predicted molar refractivity (Wildman–Crippen MR) is 84.9 cm³/mol. The molecule has 0 spiro atoms. The number of ether oxygens (including phenoxy) is 1. The van der Waals surface area contributed by atoms with E-state index in [1.807, 2.05) is 12.1 Å². The van der Waals surface area contributed by atoms with Crippen molar-refractivity contribution in [2.75, 3.05) is 19.9 Å². The number of methoxy groups -OCH3 is 1. The lowest BCUT2D eigenvalue weighted by Crippen LogP contribution is -2.36. The van der Waals surface area contributed by atoms with Gasteiger partial charge in [0.25, 0.3) is 0 Å². The monoisotopic (exact) mass is 276 g/mol. The summed E-state index contributed by atoms with van der Waals surface area (Å²) in [7, 11) is 3.91. The Balaban J connectivity index is 1.98. The van der Waals surface area contributed by atoms with Gasteiger partial charge in [-0.25, -0.2) is 0 Å². The van der Waals surface area contributed by atoms with E-state index in [4.69, 9.17) is 10.5 Å². The molecule has 1 aliphatic rings. The Bertz CT molecular complexity index is 446. The van der Waals surface area contributed by atoms with Gasteiger partial charge in [-0.05, 0) is 55.8 Å². The average Bonchev–Trinajstić information content (AvgIpc) is 2.37. The normalized spacial score (nSPS) is 19.2. The third-order valence-electron chi connectivity index (χ3n) is 4.59. The summed E-state index contributed by atoms with van der Waals surface area (Å²) in [5.41, 5.74) is 8.46. The lowest BCUT2D eigenvalue weighted by Gasteiger charge is -2.38. The first-order chi connectivity index (χ1) is 9.39. The van der Waals surface area contributed by atoms with E-state index >= 15 is 0 Å². The van der Waals surface area contributed by atoms with Crippen LogP contribution in [0.25, 0.3) is 0 Å². The smallest absolute Gasteiger partial charge is 0.121 e. The maximum atomic E-state index is 5.93. The number of benzene rings is 1. The van der Waals surface area contributed by atoms with Gasteiger partial charge < -0.3 is 10.5 Å². The lowest BCUT2D eigenvalue weighted by atomic mass is 9.75. The van der Waals surface area contributed by atoms with Crippen LogP contribution in [0.1, 0.15) is 45.1 Å². The molecular weight excluding hydrogens is 248 g/mol.